The monoisotopic (exact) mass is 312 g/mol. The molecule has 0 spiro atoms. The van der Waals surface area contributed by atoms with Crippen LogP contribution in [-0.4, -0.2) is 25.3 Å². The molecule has 0 fully saturated rings. The normalized spacial score (nSPS) is 12.3. The van der Waals surface area contributed by atoms with Gasteiger partial charge in [-0.05, 0) is 45.2 Å². The number of benzene rings is 1. The van der Waals surface area contributed by atoms with Crippen LogP contribution in [0.15, 0.2) is 17.0 Å². The molecule has 0 aliphatic carbocycles. The number of hydrogen-bond acceptors (Lipinski definition) is 3. The van der Waals surface area contributed by atoms with E-state index in [-0.39, 0.29) is 10.9 Å². The molecule has 0 heterocycles. The van der Waals surface area contributed by atoms with E-state index in [0.29, 0.717) is 17.8 Å². The standard InChI is InChI=1S/C16H28N2O2S/c1-6-7-8-11-18(12(2)3)21(19,20)16-14(5)10-9-13(4)15(16)17/h9-10,12H,6-8,11,17H2,1-5H3. The number of rotatable bonds is 7. The summed E-state index contributed by atoms with van der Waals surface area (Å²) >= 11 is 0. The minimum Gasteiger partial charge on any atom is -0.397 e. The molecule has 5 heteroatoms. The Morgan fingerprint density at radius 3 is 2.24 bits per heavy atom. The second-order valence-corrected chi connectivity index (χ2v) is 7.69. The fourth-order valence-electron chi connectivity index (χ4n) is 2.44. The molecule has 0 aliphatic heterocycles. The van der Waals surface area contributed by atoms with Crippen molar-refractivity contribution >= 4 is 15.7 Å². The van der Waals surface area contributed by atoms with Crippen molar-refractivity contribution in [3.63, 3.8) is 0 Å². The van der Waals surface area contributed by atoms with Crippen LogP contribution in [0.3, 0.4) is 0 Å². The Morgan fingerprint density at radius 2 is 1.71 bits per heavy atom. The zero-order valence-electron chi connectivity index (χ0n) is 13.8. The Morgan fingerprint density at radius 1 is 1.14 bits per heavy atom. The molecule has 0 aromatic heterocycles. The van der Waals surface area contributed by atoms with E-state index in [2.05, 4.69) is 6.92 Å². The van der Waals surface area contributed by atoms with Gasteiger partial charge in [0.25, 0.3) is 0 Å². The highest BCUT2D eigenvalue weighted by atomic mass is 32.2. The maximum atomic E-state index is 13.0. The third kappa shape index (κ3) is 3.98. The molecule has 0 radical (unpaired) electrons. The predicted octanol–water partition coefficient (Wildman–Crippen LogP) is 3.47. The lowest BCUT2D eigenvalue weighted by atomic mass is 10.1. The van der Waals surface area contributed by atoms with Crippen molar-refractivity contribution in [2.75, 3.05) is 12.3 Å². The van der Waals surface area contributed by atoms with E-state index >= 15 is 0 Å². The maximum absolute atomic E-state index is 13.0. The number of nitrogens with zero attached hydrogens (tertiary/aromatic N) is 1. The van der Waals surface area contributed by atoms with Crippen LogP contribution in [0.5, 0.6) is 0 Å². The molecule has 120 valence electrons. The fraction of sp³-hybridized carbons (Fsp3) is 0.625. The molecule has 21 heavy (non-hydrogen) atoms. The summed E-state index contributed by atoms with van der Waals surface area (Å²) in [4.78, 5) is 0.271. The Balaban J connectivity index is 3.27. The van der Waals surface area contributed by atoms with E-state index in [4.69, 9.17) is 5.73 Å². The number of nitrogens with two attached hydrogens (primary N) is 1. The predicted molar refractivity (Wildman–Crippen MR) is 88.9 cm³/mol. The summed E-state index contributed by atoms with van der Waals surface area (Å²) in [6.07, 6.45) is 2.97. The highest BCUT2D eigenvalue weighted by Gasteiger charge is 2.30. The van der Waals surface area contributed by atoms with Gasteiger partial charge in [0.05, 0.1) is 5.69 Å². The summed E-state index contributed by atoms with van der Waals surface area (Å²) < 4.78 is 27.6. The van der Waals surface area contributed by atoms with Crippen LogP contribution in [0.1, 0.15) is 51.2 Å². The molecular formula is C16H28N2O2S. The van der Waals surface area contributed by atoms with Gasteiger partial charge in [-0.2, -0.15) is 4.31 Å². The second kappa shape index (κ2) is 7.27. The summed E-state index contributed by atoms with van der Waals surface area (Å²) in [5.74, 6) is 0. The van der Waals surface area contributed by atoms with Crippen molar-refractivity contribution in [3.8, 4) is 0 Å². The summed E-state index contributed by atoms with van der Waals surface area (Å²) in [5.41, 5.74) is 7.94. The van der Waals surface area contributed by atoms with Gasteiger partial charge in [-0.3, -0.25) is 0 Å². The van der Waals surface area contributed by atoms with Gasteiger partial charge in [0, 0.05) is 12.6 Å². The van der Waals surface area contributed by atoms with Crippen molar-refractivity contribution < 1.29 is 8.42 Å². The molecule has 0 saturated carbocycles. The fourth-order valence-corrected chi connectivity index (χ4v) is 4.51. The molecule has 0 aliphatic rings. The van der Waals surface area contributed by atoms with Crippen molar-refractivity contribution in [2.24, 2.45) is 0 Å². The first-order valence-electron chi connectivity index (χ1n) is 7.61. The number of hydrogen-bond donors (Lipinski definition) is 1. The first kappa shape index (κ1) is 18.0. The molecule has 4 nitrogen and oxygen atoms in total. The lowest BCUT2D eigenvalue weighted by Gasteiger charge is -2.27. The quantitative estimate of drug-likeness (QED) is 0.619. The van der Waals surface area contributed by atoms with Crippen molar-refractivity contribution in [1.29, 1.82) is 0 Å². The third-order valence-electron chi connectivity index (χ3n) is 3.74. The number of sulfonamides is 1. The Kier molecular flexibility index (Phi) is 6.23. The van der Waals surface area contributed by atoms with Crippen LogP contribution in [-0.2, 0) is 10.0 Å². The number of aryl methyl sites for hydroxylation is 2. The van der Waals surface area contributed by atoms with Crippen LogP contribution < -0.4 is 5.73 Å². The van der Waals surface area contributed by atoms with Gasteiger partial charge >= 0.3 is 0 Å². The summed E-state index contributed by atoms with van der Waals surface area (Å²) in [5, 5.41) is 0. The van der Waals surface area contributed by atoms with Crippen molar-refractivity contribution in [2.45, 2.75) is 64.8 Å². The molecular weight excluding hydrogens is 284 g/mol. The molecule has 0 amide bonds. The van der Waals surface area contributed by atoms with Gasteiger partial charge in [-0.15, -0.1) is 0 Å². The SMILES string of the molecule is CCCCCN(C(C)C)S(=O)(=O)c1c(C)ccc(C)c1N. The zero-order valence-corrected chi connectivity index (χ0v) is 14.6. The lowest BCUT2D eigenvalue weighted by molar-refractivity contribution is 0.345. The van der Waals surface area contributed by atoms with Gasteiger partial charge in [-0.1, -0.05) is 31.9 Å². The van der Waals surface area contributed by atoms with Crippen LogP contribution in [0.4, 0.5) is 5.69 Å². The molecule has 1 aromatic rings. The highest BCUT2D eigenvalue weighted by molar-refractivity contribution is 7.89. The van der Waals surface area contributed by atoms with Crippen LogP contribution >= 0.6 is 0 Å². The molecule has 0 unspecified atom stereocenters. The van der Waals surface area contributed by atoms with Crippen molar-refractivity contribution in [1.82, 2.24) is 4.31 Å². The van der Waals surface area contributed by atoms with E-state index in [1.165, 1.54) is 0 Å². The van der Waals surface area contributed by atoms with E-state index in [9.17, 15) is 8.42 Å². The summed E-state index contributed by atoms with van der Waals surface area (Å²) in [6.45, 7) is 10.1. The molecule has 1 aromatic carbocycles. The Hall–Kier alpha value is -1.07. The minimum absolute atomic E-state index is 0.0776. The van der Waals surface area contributed by atoms with E-state index < -0.39 is 10.0 Å². The first-order chi connectivity index (χ1) is 9.73. The average molecular weight is 312 g/mol. The Bertz CT molecular complexity index is 580. The summed E-state index contributed by atoms with van der Waals surface area (Å²) in [7, 11) is -3.56. The van der Waals surface area contributed by atoms with Gasteiger partial charge in [0.15, 0.2) is 0 Å². The first-order valence-corrected chi connectivity index (χ1v) is 9.05. The molecule has 1 rings (SSSR count). The number of anilines is 1. The highest BCUT2D eigenvalue weighted by Crippen LogP contribution is 2.30. The van der Waals surface area contributed by atoms with E-state index in [0.717, 1.165) is 24.8 Å². The molecule has 2 N–H and O–H groups in total. The van der Waals surface area contributed by atoms with Gasteiger partial charge in [-0.25, -0.2) is 8.42 Å². The molecule has 0 saturated heterocycles. The van der Waals surface area contributed by atoms with Gasteiger partial charge < -0.3 is 5.73 Å². The number of nitrogen functional groups attached to an aromatic ring is 1. The van der Waals surface area contributed by atoms with E-state index in [1.54, 1.807) is 11.2 Å². The lowest BCUT2D eigenvalue weighted by Crippen LogP contribution is -2.38. The smallest absolute Gasteiger partial charge is 0.245 e. The van der Waals surface area contributed by atoms with Crippen LogP contribution in [0.25, 0.3) is 0 Å². The Labute approximate surface area is 129 Å². The maximum Gasteiger partial charge on any atom is 0.245 e. The third-order valence-corrected chi connectivity index (χ3v) is 6.02. The van der Waals surface area contributed by atoms with Crippen LogP contribution in [0, 0.1) is 13.8 Å². The largest absolute Gasteiger partial charge is 0.397 e. The zero-order chi connectivity index (χ0) is 16.2. The second-order valence-electron chi connectivity index (χ2n) is 5.86. The average Bonchev–Trinajstić information content (AvgIpc) is 2.38. The van der Waals surface area contributed by atoms with Crippen LogP contribution in [0.2, 0.25) is 0 Å². The van der Waals surface area contributed by atoms with Gasteiger partial charge in [0.1, 0.15) is 4.90 Å². The number of unbranched alkanes of at least 4 members (excludes halogenated alkanes) is 2. The summed E-state index contributed by atoms with van der Waals surface area (Å²) in [6, 6.07) is 3.61. The van der Waals surface area contributed by atoms with Crippen molar-refractivity contribution in [3.05, 3.63) is 23.3 Å². The molecule has 0 bridgehead atoms. The molecule has 0 atom stereocenters. The van der Waals surface area contributed by atoms with Gasteiger partial charge in [0.2, 0.25) is 10.0 Å². The van der Waals surface area contributed by atoms with E-state index in [1.807, 2.05) is 32.9 Å². The topological polar surface area (TPSA) is 63.4 Å². The minimum atomic E-state index is -3.56.